The molecule has 154 valence electrons. The highest BCUT2D eigenvalue weighted by Crippen LogP contribution is 2.45. The molecule has 0 unspecified atom stereocenters. The maximum absolute atomic E-state index is 13.4. The Bertz CT molecular complexity index is 755. The van der Waals surface area contributed by atoms with E-state index in [0.29, 0.717) is 32.1 Å². The molecule has 3 fully saturated rings. The molecule has 2 atom stereocenters. The number of carbonyl (C=O) groups excluding carboxylic acids is 2. The third-order valence-corrected chi connectivity index (χ3v) is 6.48. The molecule has 1 aliphatic carbocycles. The van der Waals surface area contributed by atoms with Gasteiger partial charge in [-0.05, 0) is 43.5 Å². The average molecular weight is 414 g/mol. The average Bonchev–Trinajstić information content (AvgIpc) is 3.14. The van der Waals surface area contributed by atoms with Gasteiger partial charge in [0.2, 0.25) is 5.91 Å². The van der Waals surface area contributed by atoms with Gasteiger partial charge in [-0.25, -0.2) is 8.78 Å². The van der Waals surface area contributed by atoms with E-state index in [1.54, 1.807) is 4.90 Å². The van der Waals surface area contributed by atoms with Crippen LogP contribution in [0.2, 0.25) is 0 Å². The van der Waals surface area contributed by atoms with Crippen molar-refractivity contribution in [3.05, 3.63) is 35.4 Å². The van der Waals surface area contributed by atoms with E-state index in [0.717, 1.165) is 44.5 Å². The van der Waals surface area contributed by atoms with Crippen LogP contribution in [0.25, 0.3) is 0 Å². The summed E-state index contributed by atoms with van der Waals surface area (Å²) < 4.78 is 26.5. The fraction of sp³-hybridized carbons (Fsp3) is 0.600. The molecule has 1 N–H and O–H groups in total. The van der Waals surface area contributed by atoms with Gasteiger partial charge < -0.3 is 15.1 Å². The van der Waals surface area contributed by atoms with E-state index in [1.165, 1.54) is 12.5 Å². The van der Waals surface area contributed by atoms with Crippen LogP contribution >= 0.6 is 12.4 Å². The Morgan fingerprint density at radius 1 is 1.04 bits per heavy atom. The van der Waals surface area contributed by atoms with E-state index in [-0.39, 0.29) is 35.2 Å². The second-order valence-corrected chi connectivity index (χ2v) is 7.94. The van der Waals surface area contributed by atoms with Gasteiger partial charge >= 0.3 is 0 Å². The minimum Gasteiger partial charge on any atom is -0.339 e. The Balaban J connectivity index is 0.00000225. The number of piperazine rings is 1. The summed E-state index contributed by atoms with van der Waals surface area (Å²) in [4.78, 5) is 29.3. The molecular formula is C20H26ClF2N3O2. The molecule has 8 heteroatoms. The highest BCUT2D eigenvalue weighted by molar-refractivity contribution is 5.94. The van der Waals surface area contributed by atoms with Crippen LogP contribution in [0.5, 0.6) is 0 Å². The lowest BCUT2D eigenvalue weighted by Gasteiger charge is -2.43. The minimum absolute atomic E-state index is 0. The van der Waals surface area contributed by atoms with Crippen LogP contribution in [0.4, 0.5) is 8.78 Å². The SMILES string of the molecule is Cl.O=C(c1ccc(F)c(F)c1)N1CCN(C(=O)[C@@]23CCCC[C@H]2CNC3)CC1. The van der Waals surface area contributed by atoms with Crippen molar-refractivity contribution in [1.29, 1.82) is 0 Å². The Morgan fingerprint density at radius 2 is 1.75 bits per heavy atom. The van der Waals surface area contributed by atoms with Crippen molar-refractivity contribution in [1.82, 2.24) is 15.1 Å². The van der Waals surface area contributed by atoms with Crippen molar-refractivity contribution in [3.8, 4) is 0 Å². The van der Waals surface area contributed by atoms with Gasteiger partial charge in [-0.15, -0.1) is 12.4 Å². The molecule has 2 heterocycles. The summed E-state index contributed by atoms with van der Waals surface area (Å²) in [6, 6.07) is 3.21. The fourth-order valence-corrected chi connectivity index (χ4v) is 4.91. The number of fused-ring (bicyclic) bond motifs is 1. The van der Waals surface area contributed by atoms with Gasteiger partial charge in [0.15, 0.2) is 11.6 Å². The van der Waals surface area contributed by atoms with Gasteiger partial charge in [0.1, 0.15) is 0 Å². The number of rotatable bonds is 2. The Kier molecular flexibility index (Phi) is 6.25. The van der Waals surface area contributed by atoms with Crippen LogP contribution < -0.4 is 5.32 Å². The van der Waals surface area contributed by atoms with Crippen molar-refractivity contribution >= 4 is 24.2 Å². The maximum atomic E-state index is 13.4. The van der Waals surface area contributed by atoms with E-state index in [2.05, 4.69) is 5.32 Å². The fourth-order valence-electron chi connectivity index (χ4n) is 4.91. The quantitative estimate of drug-likeness (QED) is 0.810. The van der Waals surface area contributed by atoms with E-state index >= 15 is 0 Å². The standard InChI is InChI=1S/C20H25F2N3O2.ClH/c21-16-5-4-14(11-17(16)22)18(26)24-7-9-25(10-8-24)19(27)20-6-2-1-3-15(20)12-23-13-20;/h4-5,11,15,23H,1-3,6-10,12-13H2;1H/t15-,20+;/m0./s1. The molecular weight excluding hydrogens is 388 g/mol. The van der Waals surface area contributed by atoms with E-state index < -0.39 is 11.6 Å². The number of halogens is 3. The van der Waals surface area contributed by atoms with Crippen LogP contribution in [0.3, 0.4) is 0 Å². The summed E-state index contributed by atoms with van der Waals surface area (Å²) in [5, 5.41) is 3.41. The summed E-state index contributed by atoms with van der Waals surface area (Å²) in [6.45, 7) is 3.48. The van der Waals surface area contributed by atoms with Crippen molar-refractivity contribution in [2.45, 2.75) is 25.7 Å². The number of nitrogens with zero attached hydrogens (tertiary/aromatic N) is 2. The molecule has 4 rings (SSSR count). The number of nitrogens with one attached hydrogen (secondary N) is 1. The van der Waals surface area contributed by atoms with Gasteiger partial charge in [0.05, 0.1) is 5.41 Å². The number of carbonyl (C=O) groups is 2. The lowest BCUT2D eigenvalue weighted by atomic mass is 9.67. The first kappa shape index (κ1) is 21.0. The van der Waals surface area contributed by atoms with Crippen molar-refractivity contribution < 1.29 is 18.4 Å². The second kappa shape index (κ2) is 8.33. The summed E-state index contributed by atoms with van der Waals surface area (Å²) >= 11 is 0. The summed E-state index contributed by atoms with van der Waals surface area (Å²) in [6.07, 6.45) is 4.33. The molecule has 1 aromatic rings. The third kappa shape index (κ3) is 3.62. The number of hydrogen-bond acceptors (Lipinski definition) is 3. The highest BCUT2D eigenvalue weighted by Gasteiger charge is 2.51. The van der Waals surface area contributed by atoms with Gasteiger partial charge in [0, 0.05) is 38.3 Å². The minimum atomic E-state index is -1.02. The topological polar surface area (TPSA) is 52.7 Å². The lowest BCUT2D eigenvalue weighted by molar-refractivity contribution is -0.146. The summed E-state index contributed by atoms with van der Waals surface area (Å²) in [5.41, 5.74) is -0.135. The van der Waals surface area contributed by atoms with E-state index in [9.17, 15) is 18.4 Å². The monoisotopic (exact) mass is 413 g/mol. The van der Waals surface area contributed by atoms with Gasteiger partial charge in [-0.1, -0.05) is 12.8 Å². The zero-order valence-corrected chi connectivity index (χ0v) is 16.6. The van der Waals surface area contributed by atoms with Crippen molar-refractivity contribution in [2.24, 2.45) is 11.3 Å². The predicted octanol–water partition coefficient (Wildman–Crippen LogP) is 2.45. The molecule has 2 aliphatic heterocycles. The van der Waals surface area contributed by atoms with Gasteiger partial charge in [-0.2, -0.15) is 0 Å². The summed E-state index contributed by atoms with van der Waals surface area (Å²) in [5.74, 6) is -1.67. The zero-order valence-electron chi connectivity index (χ0n) is 15.8. The molecule has 0 spiro atoms. The van der Waals surface area contributed by atoms with Crippen LogP contribution in [0.15, 0.2) is 18.2 Å². The van der Waals surface area contributed by atoms with E-state index in [4.69, 9.17) is 0 Å². The normalized spacial score (nSPS) is 27.1. The number of hydrogen-bond donors (Lipinski definition) is 1. The molecule has 0 aromatic heterocycles. The van der Waals surface area contributed by atoms with Crippen LogP contribution in [0, 0.1) is 23.0 Å². The smallest absolute Gasteiger partial charge is 0.254 e. The molecule has 1 aromatic carbocycles. The molecule has 0 bridgehead atoms. The van der Waals surface area contributed by atoms with Crippen molar-refractivity contribution in [2.75, 3.05) is 39.3 Å². The lowest BCUT2D eigenvalue weighted by Crippen LogP contribution is -2.56. The molecule has 28 heavy (non-hydrogen) atoms. The largest absolute Gasteiger partial charge is 0.339 e. The van der Waals surface area contributed by atoms with Gasteiger partial charge in [0.25, 0.3) is 5.91 Å². The molecule has 1 saturated carbocycles. The molecule has 3 aliphatic rings. The highest BCUT2D eigenvalue weighted by atomic mass is 35.5. The second-order valence-electron chi connectivity index (χ2n) is 7.94. The molecule has 2 saturated heterocycles. The Morgan fingerprint density at radius 3 is 2.46 bits per heavy atom. The van der Waals surface area contributed by atoms with Crippen LogP contribution in [0.1, 0.15) is 36.0 Å². The van der Waals surface area contributed by atoms with Gasteiger partial charge in [-0.3, -0.25) is 9.59 Å². The first-order chi connectivity index (χ1) is 13.0. The first-order valence-corrected chi connectivity index (χ1v) is 9.76. The molecule has 0 radical (unpaired) electrons. The molecule has 2 amide bonds. The Labute approximate surface area is 169 Å². The van der Waals surface area contributed by atoms with E-state index in [1.807, 2.05) is 4.90 Å². The van der Waals surface area contributed by atoms with Crippen LogP contribution in [-0.2, 0) is 4.79 Å². The van der Waals surface area contributed by atoms with Crippen molar-refractivity contribution in [3.63, 3.8) is 0 Å². The predicted molar refractivity (Wildman–Crippen MR) is 103 cm³/mol. The third-order valence-electron chi connectivity index (χ3n) is 6.48. The molecule has 5 nitrogen and oxygen atoms in total. The zero-order chi connectivity index (χ0) is 19.0. The number of amides is 2. The number of benzene rings is 1. The Hall–Kier alpha value is -1.73. The van der Waals surface area contributed by atoms with Crippen LogP contribution in [-0.4, -0.2) is 60.9 Å². The maximum Gasteiger partial charge on any atom is 0.254 e. The first-order valence-electron chi connectivity index (χ1n) is 9.76. The summed E-state index contributed by atoms with van der Waals surface area (Å²) in [7, 11) is 0.